The molecule has 0 amide bonds. The van der Waals surface area contributed by atoms with Gasteiger partial charge in [0.15, 0.2) is 0 Å². The van der Waals surface area contributed by atoms with Crippen molar-refractivity contribution in [2.45, 2.75) is 0 Å². The van der Waals surface area contributed by atoms with E-state index in [9.17, 15) is 0 Å². The quantitative estimate of drug-likeness (QED) is 0.404. The first-order chi connectivity index (χ1) is 14.5. The molecule has 0 saturated heterocycles. The molecule has 0 unspecified atom stereocenters. The highest BCUT2D eigenvalue weighted by Gasteiger charge is 2.08. The first-order valence-electron chi connectivity index (χ1n) is 9.90. The van der Waals surface area contributed by atoms with Crippen LogP contribution >= 0.6 is 0 Å². The zero-order valence-electron chi connectivity index (χ0n) is 17.3. The van der Waals surface area contributed by atoms with Crippen LogP contribution in [0, 0.1) is 0 Å². The van der Waals surface area contributed by atoms with Crippen molar-refractivity contribution in [3.05, 3.63) is 97.1 Å². The molecule has 4 rings (SSSR count). The predicted octanol–water partition coefficient (Wildman–Crippen LogP) is 6.05. The van der Waals surface area contributed by atoms with Gasteiger partial charge in [-0.3, -0.25) is 0 Å². The van der Waals surface area contributed by atoms with E-state index in [0.717, 1.165) is 34.1 Å². The third-order valence-electron chi connectivity index (χ3n) is 5.36. The van der Waals surface area contributed by atoms with Crippen LogP contribution in [0.15, 0.2) is 97.1 Å². The van der Waals surface area contributed by atoms with E-state index in [1.54, 1.807) is 0 Å². The molecule has 0 aromatic heterocycles. The number of hydrogen-bond donors (Lipinski definition) is 2. The summed E-state index contributed by atoms with van der Waals surface area (Å²) >= 11 is 0. The Morgan fingerprint density at radius 1 is 0.467 bits per heavy atom. The fourth-order valence-electron chi connectivity index (χ4n) is 3.48. The minimum Gasteiger partial charge on any atom is -0.399 e. The van der Waals surface area contributed by atoms with E-state index in [0.29, 0.717) is 0 Å². The van der Waals surface area contributed by atoms with Gasteiger partial charge in [-0.05, 0) is 83.9 Å². The topological polar surface area (TPSA) is 58.5 Å². The van der Waals surface area contributed by atoms with Gasteiger partial charge in [-0.1, -0.05) is 24.3 Å². The SMILES string of the molecule is CN(c1ccc(N)cc1)c1cccc(-c2cccc(N(C)c3ccc(N)cc3)c2)c1. The second-order valence-electron chi connectivity index (χ2n) is 7.40. The van der Waals surface area contributed by atoms with Crippen LogP contribution in [-0.4, -0.2) is 14.1 Å². The Hall–Kier alpha value is -3.92. The fourth-order valence-corrected chi connectivity index (χ4v) is 3.48. The lowest BCUT2D eigenvalue weighted by atomic mass is 10.0. The summed E-state index contributed by atoms with van der Waals surface area (Å²) in [5, 5.41) is 0. The highest BCUT2D eigenvalue weighted by molar-refractivity contribution is 5.76. The molecule has 4 nitrogen and oxygen atoms in total. The average molecular weight is 395 g/mol. The normalized spacial score (nSPS) is 10.6. The molecule has 30 heavy (non-hydrogen) atoms. The van der Waals surface area contributed by atoms with Crippen LogP contribution in [-0.2, 0) is 0 Å². The minimum absolute atomic E-state index is 0.767. The summed E-state index contributed by atoms with van der Waals surface area (Å²) in [4.78, 5) is 4.32. The average Bonchev–Trinajstić information content (AvgIpc) is 2.79. The van der Waals surface area contributed by atoms with Crippen molar-refractivity contribution in [1.29, 1.82) is 0 Å². The maximum Gasteiger partial charge on any atom is 0.0414 e. The van der Waals surface area contributed by atoms with E-state index < -0.39 is 0 Å². The van der Waals surface area contributed by atoms with Gasteiger partial charge in [-0.15, -0.1) is 0 Å². The summed E-state index contributed by atoms with van der Waals surface area (Å²) in [6.45, 7) is 0. The van der Waals surface area contributed by atoms with Gasteiger partial charge in [0.05, 0.1) is 0 Å². The van der Waals surface area contributed by atoms with Crippen LogP contribution in [0.5, 0.6) is 0 Å². The molecule has 0 fully saturated rings. The van der Waals surface area contributed by atoms with Gasteiger partial charge in [0.25, 0.3) is 0 Å². The van der Waals surface area contributed by atoms with Crippen molar-refractivity contribution >= 4 is 34.1 Å². The van der Waals surface area contributed by atoms with Crippen molar-refractivity contribution in [3.63, 3.8) is 0 Å². The number of hydrogen-bond acceptors (Lipinski definition) is 4. The number of anilines is 6. The zero-order chi connectivity index (χ0) is 21.1. The van der Waals surface area contributed by atoms with Crippen molar-refractivity contribution in [2.75, 3.05) is 35.4 Å². The lowest BCUT2D eigenvalue weighted by Gasteiger charge is -2.22. The summed E-state index contributed by atoms with van der Waals surface area (Å²) in [7, 11) is 4.13. The van der Waals surface area contributed by atoms with Crippen LogP contribution in [0.1, 0.15) is 0 Å². The predicted molar refractivity (Wildman–Crippen MR) is 130 cm³/mol. The number of benzene rings is 4. The van der Waals surface area contributed by atoms with Crippen molar-refractivity contribution < 1.29 is 0 Å². The molecule has 150 valence electrons. The molecule has 0 atom stereocenters. The molecule has 0 radical (unpaired) electrons. The highest BCUT2D eigenvalue weighted by atomic mass is 15.1. The van der Waals surface area contributed by atoms with E-state index >= 15 is 0 Å². The van der Waals surface area contributed by atoms with Crippen LogP contribution < -0.4 is 21.3 Å². The zero-order valence-corrected chi connectivity index (χ0v) is 17.3. The smallest absolute Gasteiger partial charge is 0.0414 e. The number of nitrogens with two attached hydrogens (primary N) is 2. The maximum absolute atomic E-state index is 5.82. The highest BCUT2D eigenvalue weighted by Crippen LogP contribution is 2.32. The Bertz CT molecular complexity index is 1040. The summed E-state index contributed by atoms with van der Waals surface area (Å²) in [6, 6.07) is 32.9. The third kappa shape index (κ3) is 4.08. The molecule has 0 bridgehead atoms. The Kier molecular flexibility index (Phi) is 5.31. The summed E-state index contributed by atoms with van der Waals surface area (Å²) in [5.74, 6) is 0. The Morgan fingerprint density at radius 3 is 1.20 bits per heavy atom. The molecule has 0 heterocycles. The minimum atomic E-state index is 0.767. The van der Waals surface area contributed by atoms with Gasteiger partial charge < -0.3 is 21.3 Å². The number of rotatable bonds is 5. The van der Waals surface area contributed by atoms with Crippen LogP contribution in [0.2, 0.25) is 0 Å². The molecule has 4 aromatic rings. The maximum atomic E-state index is 5.82. The van der Waals surface area contributed by atoms with Crippen LogP contribution in [0.3, 0.4) is 0 Å². The van der Waals surface area contributed by atoms with Gasteiger partial charge in [0.2, 0.25) is 0 Å². The van der Waals surface area contributed by atoms with Crippen LogP contribution in [0.25, 0.3) is 11.1 Å². The third-order valence-corrected chi connectivity index (χ3v) is 5.36. The first-order valence-corrected chi connectivity index (χ1v) is 9.90. The largest absolute Gasteiger partial charge is 0.399 e. The van der Waals surface area contributed by atoms with Crippen molar-refractivity contribution in [1.82, 2.24) is 0 Å². The lowest BCUT2D eigenvalue weighted by Crippen LogP contribution is -2.10. The van der Waals surface area contributed by atoms with Gasteiger partial charge in [-0.2, -0.15) is 0 Å². The van der Waals surface area contributed by atoms with E-state index in [-0.39, 0.29) is 0 Å². The lowest BCUT2D eigenvalue weighted by molar-refractivity contribution is 1.21. The summed E-state index contributed by atoms with van der Waals surface area (Å²) in [5.41, 5.74) is 20.0. The molecular weight excluding hydrogens is 368 g/mol. The number of nitrogens with zero attached hydrogens (tertiary/aromatic N) is 2. The second kappa shape index (κ2) is 8.21. The van der Waals surface area contributed by atoms with E-state index in [4.69, 9.17) is 11.5 Å². The Morgan fingerprint density at radius 2 is 0.833 bits per heavy atom. The molecule has 0 aliphatic rings. The molecule has 4 aromatic carbocycles. The van der Waals surface area contributed by atoms with Crippen molar-refractivity contribution in [2.24, 2.45) is 0 Å². The fraction of sp³-hybridized carbons (Fsp3) is 0.0769. The Balaban J connectivity index is 1.63. The first kappa shape index (κ1) is 19.4. The molecule has 4 N–H and O–H groups in total. The molecule has 0 saturated carbocycles. The van der Waals surface area contributed by atoms with E-state index in [1.165, 1.54) is 11.1 Å². The molecule has 4 heteroatoms. The van der Waals surface area contributed by atoms with E-state index in [1.807, 2.05) is 48.5 Å². The van der Waals surface area contributed by atoms with Gasteiger partial charge >= 0.3 is 0 Å². The molecule has 0 spiro atoms. The van der Waals surface area contributed by atoms with Gasteiger partial charge in [0, 0.05) is 48.2 Å². The monoisotopic (exact) mass is 394 g/mol. The summed E-state index contributed by atoms with van der Waals surface area (Å²) in [6.07, 6.45) is 0. The summed E-state index contributed by atoms with van der Waals surface area (Å²) < 4.78 is 0. The van der Waals surface area contributed by atoms with E-state index in [2.05, 4.69) is 72.4 Å². The van der Waals surface area contributed by atoms with Crippen LogP contribution in [0.4, 0.5) is 34.1 Å². The number of nitrogen functional groups attached to an aromatic ring is 2. The standard InChI is InChI=1S/C26H26N4/c1-29(23-13-9-21(27)10-14-23)25-7-3-5-19(17-25)20-6-4-8-26(18-20)30(2)24-15-11-22(28)12-16-24/h3-18H,27-28H2,1-2H3. The Labute approximate surface area is 178 Å². The molecule has 0 aliphatic heterocycles. The van der Waals surface area contributed by atoms with Crippen molar-refractivity contribution in [3.8, 4) is 11.1 Å². The molecular formula is C26H26N4. The van der Waals surface area contributed by atoms with Gasteiger partial charge in [-0.25, -0.2) is 0 Å². The van der Waals surface area contributed by atoms with Gasteiger partial charge in [0.1, 0.15) is 0 Å². The molecule has 0 aliphatic carbocycles. The second-order valence-corrected chi connectivity index (χ2v) is 7.40.